The maximum absolute atomic E-state index is 12.9. The van der Waals surface area contributed by atoms with Gasteiger partial charge in [0.1, 0.15) is 23.1 Å². The summed E-state index contributed by atoms with van der Waals surface area (Å²) in [5.74, 6) is -0.394. The van der Waals surface area contributed by atoms with E-state index in [-0.39, 0.29) is 29.5 Å². The topological polar surface area (TPSA) is 90.9 Å². The molecule has 7 nitrogen and oxygen atoms in total. The summed E-state index contributed by atoms with van der Waals surface area (Å²) < 4.78 is 28.8. The summed E-state index contributed by atoms with van der Waals surface area (Å²) in [6.07, 6.45) is 0. The minimum atomic E-state index is -0.670. The van der Waals surface area contributed by atoms with Crippen molar-refractivity contribution in [1.29, 1.82) is 0 Å². The minimum absolute atomic E-state index is 0.0777. The lowest BCUT2D eigenvalue weighted by atomic mass is 10.1. The first-order chi connectivity index (χ1) is 15.0. The van der Waals surface area contributed by atoms with E-state index in [1.165, 1.54) is 48.5 Å². The number of amides is 1. The highest BCUT2D eigenvalue weighted by atomic mass is 19.1. The number of rotatable bonds is 6. The predicted molar refractivity (Wildman–Crippen MR) is 108 cm³/mol. The Hall–Kier alpha value is -4.20. The highest BCUT2D eigenvalue weighted by molar-refractivity contribution is 6.02. The molecule has 1 heterocycles. The Labute approximate surface area is 176 Å². The van der Waals surface area contributed by atoms with Crippen molar-refractivity contribution in [2.45, 2.75) is 0 Å². The van der Waals surface area contributed by atoms with Gasteiger partial charge in [-0.3, -0.25) is 9.59 Å². The number of nitrogens with one attached hydrogen (secondary N) is 1. The van der Waals surface area contributed by atoms with E-state index in [0.717, 1.165) is 0 Å². The molecule has 3 aromatic rings. The number of halogens is 1. The van der Waals surface area contributed by atoms with Gasteiger partial charge in [-0.15, -0.1) is 0 Å². The van der Waals surface area contributed by atoms with Gasteiger partial charge >= 0.3 is 5.97 Å². The third-order valence-corrected chi connectivity index (χ3v) is 4.41. The first-order valence-corrected chi connectivity index (χ1v) is 9.28. The second-order valence-electron chi connectivity index (χ2n) is 6.63. The zero-order valence-corrected chi connectivity index (χ0v) is 16.1. The number of carbonyl (C=O) groups is 3. The van der Waals surface area contributed by atoms with Crippen molar-refractivity contribution in [1.82, 2.24) is 0 Å². The minimum Gasteiger partial charge on any atom is -0.482 e. The van der Waals surface area contributed by atoms with Crippen LogP contribution in [-0.2, 0) is 9.53 Å². The van der Waals surface area contributed by atoms with Crippen LogP contribution in [0, 0.1) is 5.82 Å². The van der Waals surface area contributed by atoms with Crippen LogP contribution in [0.3, 0.4) is 0 Å². The van der Waals surface area contributed by atoms with Crippen molar-refractivity contribution < 1.29 is 33.0 Å². The molecule has 0 saturated carbocycles. The van der Waals surface area contributed by atoms with Gasteiger partial charge in [-0.2, -0.15) is 0 Å². The van der Waals surface area contributed by atoms with Crippen molar-refractivity contribution >= 4 is 23.3 Å². The molecule has 3 aromatic carbocycles. The van der Waals surface area contributed by atoms with E-state index in [2.05, 4.69) is 5.32 Å². The number of hydrogen-bond acceptors (Lipinski definition) is 6. The van der Waals surface area contributed by atoms with Crippen LogP contribution in [0.15, 0.2) is 66.7 Å². The highest BCUT2D eigenvalue weighted by Crippen LogP contribution is 2.28. The molecule has 0 saturated heterocycles. The number of carbonyl (C=O) groups excluding carboxylic acids is 3. The molecule has 0 spiro atoms. The van der Waals surface area contributed by atoms with E-state index in [1.807, 2.05) is 0 Å². The van der Waals surface area contributed by atoms with Gasteiger partial charge in [0.15, 0.2) is 19.0 Å². The lowest BCUT2D eigenvalue weighted by molar-refractivity contribution is -0.118. The third-order valence-electron chi connectivity index (χ3n) is 4.41. The normalized spacial score (nSPS) is 12.2. The Kier molecular flexibility index (Phi) is 5.61. The second-order valence-corrected chi connectivity index (χ2v) is 6.63. The molecular weight excluding hydrogens is 405 g/mol. The summed E-state index contributed by atoms with van der Waals surface area (Å²) in [7, 11) is 0. The number of ketones is 1. The summed E-state index contributed by atoms with van der Waals surface area (Å²) in [5, 5.41) is 2.62. The number of ether oxygens (including phenoxy) is 3. The van der Waals surface area contributed by atoms with Crippen molar-refractivity contribution in [3.05, 3.63) is 83.7 Å². The van der Waals surface area contributed by atoms with E-state index >= 15 is 0 Å². The van der Waals surface area contributed by atoms with Crippen LogP contribution in [0.4, 0.5) is 10.1 Å². The molecular formula is C23H16FNO6. The van der Waals surface area contributed by atoms with Gasteiger partial charge in [0.25, 0.3) is 5.91 Å². The molecule has 0 unspecified atom stereocenters. The van der Waals surface area contributed by atoms with Crippen molar-refractivity contribution in [2.75, 3.05) is 18.5 Å². The molecule has 0 aromatic heterocycles. The van der Waals surface area contributed by atoms with Gasteiger partial charge < -0.3 is 19.5 Å². The van der Waals surface area contributed by atoms with Crippen molar-refractivity contribution in [2.24, 2.45) is 0 Å². The zero-order chi connectivity index (χ0) is 21.8. The molecule has 8 heteroatoms. The van der Waals surface area contributed by atoms with E-state index in [0.29, 0.717) is 22.9 Å². The molecule has 4 rings (SSSR count). The van der Waals surface area contributed by atoms with Gasteiger partial charge in [0.05, 0.1) is 11.3 Å². The highest BCUT2D eigenvalue weighted by Gasteiger charge is 2.19. The molecule has 0 aliphatic carbocycles. The van der Waals surface area contributed by atoms with Gasteiger partial charge in [-0.05, 0) is 66.7 Å². The van der Waals surface area contributed by atoms with Gasteiger partial charge in [-0.25, -0.2) is 9.18 Å². The number of Topliss-reactive ketones (excluding diaryl/α,β-unsaturated/α-hetero) is 1. The number of fused-ring (bicyclic) bond motifs is 1. The van der Waals surface area contributed by atoms with E-state index in [9.17, 15) is 18.8 Å². The fraction of sp³-hybridized carbons (Fsp3) is 0.0870. The van der Waals surface area contributed by atoms with Crippen LogP contribution in [0.2, 0.25) is 0 Å². The summed E-state index contributed by atoms with van der Waals surface area (Å²) in [5.41, 5.74) is 0.913. The van der Waals surface area contributed by atoms with Gasteiger partial charge in [-0.1, -0.05) is 0 Å². The smallest absolute Gasteiger partial charge is 0.338 e. The fourth-order valence-electron chi connectivity index (χ4n) is 2.85. The number of anilines is 1. The molecule has 0 fully saturated rings. The van der Waals surface area contributed by atoms with E-state index in [4.69, 9.17) is 14.2 Å². The molecule has 0 bridgehead atoms. The van der Waals surface area contributed by atoms with Crippen LogP contribution in [0.1, 0.15) is 20.7 Å². The standard InChI is InChI=1S/C23H16FNO6/c24-16-4-8-18(9-5-16)31-17-6-1-14(2-7-17)23(28)30-12-20(26)15-3-10-21-19(11-15)25-22(27)13-29-21/h1-11H,12-13H2,(H,25,27). The second kappa shape index (κ2) is 8.66. The summed E-state index contributed by atoms with van der Waals surface area (Å²) in [6, 6.07) is 16.2. The van der Waals surface area contributed by atoms with Gasteiger partial charge in [0, 0.05) is 5.56 Å². The van der Waals surface area contributed by atoms with Crippen molar-refractivity contribution in [3.8, 4) is 17.2 Å². The fourth-order valence-corrected chi connectivity index (χ4v) is 2.85. The van der Waals surface area contributed by atoms with Gasteiger partial charge in [0.2, 0.25) is 0 Å². The average molecular weight is 421 g/mol. The molecule has 156 valence electrons. The first kappa shape index (κ1) is 20.1. The summed E-state index contributed by atoms with van der Waals surface area (Å²) in [4.78, 5) is 36.0. The average Bonchev–Trinajstić information content (AvgIpc) is 2.78. The summed E-state index contributed by atoms with van der Waals surface area (Å²) in [6.45, 7) is -0.536. The molecule has 1 aliphatic rings. The number of benzene rings is 3. The predicted octanol–water partition coefficient (Wildman–Crippen LogP) is 3.99. The lowest BCUT2D eigenvalue weighted by Gasteiger charge is -2.18. The van der Waals surface area contributed by atoms with Crippen LogP contribution >= 0.6 is 0 Å². The van der Waals surface area contributed by atoms with Crippen LogP contribution in [-0.4, -0.2) is 30.9 Å². The molecule has 0 atom stereocenters. The Balaban J connectivity index is 1.34. The molecule has 0 radical (unpaired) electrons. The molecule has 31 heavy (non-hydrogen) atoms. The van der Waals surface area contributed by atoms with Crippen LogP contribution in [0.25, 0.3) is 0 Å². The lowest BCUT2D eigenvalue weighted by Crippen LogP contribution is -2.25. The molecule has 1 aliphatic heterocycles. The van der Waals surface area contributed by atoms with Crippen molar-refractivity contribution in [3.63, 3.8) is 0 Å². The monoisotopic (exact) mass is 421 g/mol. The largest absolute Gasteiger partial charge is 0.482 e. The number of hydrogen-bond donors (Lipinski definition) is 1. The molecule has 1 amide bonds. The maximum atomic E-state index is 12.9. The zero-order valence-electron chi connectivity index (χ0n) is 16.1. The van der Waals surface area contributed by atoms with E-state index in [1.54, 1.807) is 18.2 Å². The summed E-state index contributed by atoms with van der Waals surface area (Å²) >= 11 is 0. The third kappa shape index (κ3) is 4.87. The first-order valence-electron chi connectivity index (χ1n) is 9.28. The SMILES string of the molecule is O=C1COc2ccc(C(=O)COC(=O)c3ccc(Oc4ccc(F)cc4)cc3)cc2N1. The Morgan fingerprint density at radius 3 is 2.29 bits per heavy atom. The maximum Gasteiger partial charge on any atom is 0.338 e. The molecule has 1 N–H and O–H groups in total. The number of esters is 1. The van der Waals surface area contributed by atoms with Crippen LogP contribution in [0.5, 0.6) is 17.2 Å². The Morgan fingerprint density at radius 2 is 1.58 bits per heavy atom. The van der Waals surface area contributed by atoms with Crippen LogP contribution < -0.4 is 14.8 Å². The Bertz CT molecular complexity index is 1140. The van der Waals surface area contributed by atoms with E-state index < -0.39 is 18.4 Å². The quantitative estimate of drug-likeness (QED) is 0.478. The Morgan fingerprint density at radius 1 is 0.935 bits per heavy atom.